The zero-order valence-corrected chi connectivity index (χ0v) is 13.2. The van der Waals surface area contributed by atoms with Crippen LogP contribution in [0.15, 0.2) is 0 Å². The lowest BCUT2D eigenvalue weighted by Crippen LogP contribution is -2.51. The zero-order valence-electron chi connectivity index (χ0n) is 13.2. The summed E-state index contributed by atoms with van der Waals surface area (Å²) in [7, 11) is 0. The first kappa shape index (κ1) is 16.5. The Morgan fingerprint density at radius 3 is 2.58 bits per heavy atom. The van der Waals surface area contributed by atoms with Crippen molar-refractivity contribution in [3.63, 3.8) is 0 Å². The molecule has 0 aromatic rings. The molecule has 1 aliphatic heterocycles. The van der Waals surface area contributed by atoms with Crippen LogP contribution in [-0.2, 0) is 4.79 Å². The van der Waals surface area contributed by atoms with Crippen molar-refractivity contribution in [2.24, 2.45) is 11.8 Å². The van der Waals surface area contributed by atoms with Crippen molar-refractivity contribution >= 4 is 5.91 Å². The molecule has 1 amide bonds. The SMILES string of the molecule is CCCC(=O)N1CC(CCC)CC(NCC(C)C)C1. The normalized spacial score (nSPS) is 23.9. The van der Waals surface area contributed by atoms with Crippen LogP contribution in [0, 0.1) is 11.8 Å². The highest BCUT2D eigenvalue weighted by molar-refractivity contribution is 5.76. The summed E-state index contributed by atoms with van der Waals surface area (Å²) in [6.45, 7) is 11.7. The standard InChI is InChI=1S/C16H32N2O/c1-5-7-14-9-15(17-10-13(3)4)12-18(11-14)16(19)8-6-2/h13-15,17H,5-12H2,1-4H3. The summed E-state index contributed by atoms with van der Waals surface area (Å²) in [4.78, 5) is 14.2. The molecule has 1 aliphatic rings. The van der Waals surface area contributed by atoms with Crippen molar-refractivity contribution < 1.29 is 4.79 Å². The largest absolute Gasteiger partial charge is 0.341 e. The molecule has 1 fully saturated rings. The lowest BCUT2D eigenvalue weighted by atomic mass is 9.90. The van der Waals surface area contributed by atoms with Crippen molar-refractivity contribution in [3.05, 3.63) is 0 Å². The third-order valence-corrected chi connectivity index (χ3v) is 3.87. The predicted octanol–water partition coefficient (Wildman–Crippen LogP) is 3.05. The van der Waals surface area contributed by atoms with E-state index >= 15 is 0 Å². The molecule has 0 bridgehead atoms. The summed E-state index contributed by atoms with van der Waals surface area (Å²) >= 11 is 0. The molecule has 2 unspecified atom stereocenters. The van der Waals surface area contributed by atoms with Gasteiger partial charge in [0, 0.05) is 25.6 Å². The Hall–Kier alpha value is -0.570. The molecule has 0 aromatic heterocycles. The number of amides is 1. The van der Waals surface area contributed by atoms with E-state index in [4.69, 9.17) is 0 Å². The summed E-state index contributed by atoms with van der Waals surface area (Å²) in [6.07, 6.45) is 5.36. The molecule has 1 N–H and O–H groups in total. The summed E-state index contributed by atoms with van der Waals surface area (Å²) in [6, 6.07) is 0.494. The third kappa shape index (κ3) is 5.94. The van der Waals surface area contributed by atoms with E-state index in [1.807, 2.05) is 0 Å². The molecule has 0 spiro atoms. The number of carbonyl (C=O) groups is 1. The first-order valence-electron chi connectivity index (χ1n) is 8.07. The second kappa shape index (κ2) is 8.57. The predicted molar refractivity (Wildman–Crippen MR) is 81.1 cm³/mol. The Balaban J connectivity index is 2.54. The fraction of sp³-hybridized carbons (Fsp3) is 0.938. The Morgan fingerprint density at radius 1 is 1.26 bits per heavy atom. The molecule has 3 heteroatoms. The molecule has 1 heterocycles. The van der Waals surface area contributed by atoms with Gasteiger partial charge in [0.2, 0.25) is 5.91 Å². The molecule has 2 atom stereocenters. The van der Waals surface area contributed by atoms with Crippen molar-refractivity contribution in [2.45, 2.75) is 65.8 Å². The van der Waals surface area contributed by atoms with Gasteiger partial charge in [0.15, 0.2) is 0 Å². The zero-order chi connectivity index (χ0) is 14.3. The second-order valence-corrected chi connectivity index (χ2v) is 6.44. The number of hydrogen-bond acceptors (Lipinski definition) is 2. The second-order valence-electron chi connectivity index (χ2n) is 6.44. The Labute approximate surface area is 119 Å². The van der Waals surface area contributed by atoms with Gasteiger partial charge in [0.05, 0.1) is 0 Å². The summed E-state index contributed by atoms with van der Waals surface area (Å²) in [5.74, 6) is 1.70. The molecule has 0 radical (unpaired) electrons. The van der Waals surface area contributed by atoms with Crippen LogP contribution in [0.2, 0.25) is 0 Å². The van der Waals surface area contributed by atoms with Crippen LogP contribution in [0.1, 0.15) is 59.8 Å². The summed E-state index contributed by atoms with van der Waals surface area (Å²) in [5.41, 5.74) is 0. The summed E-state index contributed by atoms with van der Waals surface area (Å²) < 4.78 is 0. The average molecular weight is 268 g/mol. The van der Waals surface area contributed by atoms with Crippen LogP contribution >= 0.6 is 0 Å². The number of likely N-dealkylation sites (tertiary alicyclic amines) is 1. The number of rotatable bonds is 7. The van der Waals surface area contributed by atoms with Gasteiger partial charge in [-0.2, -0.15) is 0 Å². The molecule has 0 aliphatic carbocycles. The fourth-order valence-corrected chi connectivity index (χ4v) is 2.95. The van der Waals surface area contributed by atoms with Crippen molar-refractivity contribution in [1.29, 1.82) is 0 Å². The van der Waals surface area contributed by atoms with E-state index in [9.17, 15) is 4.79 Å². The van der Waals surface area contributed by atoms with E-state index in [-0.39, 0.29) is 0 Å². The smallest absolute Gasteiger partial charge is 0.222 e. The maximum Gasteiger partial charge on any atom is 0.222 e. The highest BCUT2D eigenvalue weighted by atomic mass is 16.2. The number of hydrogen-bond donors (Lipinski definition) is 1. The van der Waals surface area contributed by atoms with Gasteiger partial charge < -0.3 is 10.2 Å². The molecule has 0 saturated carbocycles. The monoisotopic (exact) mass is 268 g/mol. The first-order valence-corrected chi connectivity index (χ1v) is 8.07. The van der Waals surface area contributed by atoms with E-state index in [1.54, 1.807) is 0 Å². The molecular formula is C16H32N2O. The van der Waals surface area contributed by atoms with Gasteiger partial charge in [-0.3, -0.25) is 4.79 Å². The molecule has 112 valence electrons. The van der Waals surface area contributed by atoms with Crippen molar-refractivity contribution in [1.82, 2.24) is 10.2 Å². The number of carbonyl (C=O) groups excluding carboxylic acids is 1. The van der Waals surface area contributed by atoms with E-state index < -0.39 is 0 Å². The fourth-order valence-electron chi connectivity index (χ4n) is 2.95. The molecule has 3 nitrogen and oxygen atoms in total. The minimum atomic E-state index is 0.347. The van der Waals surface area contributed by atoms with E-state index in [0.717, 1.165) is 26.1 Å². The highest BCUT2D eigenvalue weighted by Crippen LogP contribution is 2.22. The maximum atomic E-state index is 12.1. The topological polar surface area (TPSA) is 32.3 Å². The van der Waals surface area contributed by atoms with Gasteiger partial charge in [0.1, 0.15) is 0 Å². The number of nitrogens with one attached hydrogen (secondary N) is 1. The minimum absolute atomic E-state index is 0.347. The lowest BCUT2D eigenvalue weighted by Gasteiger charge is -2.38. The molecule has 1 saturated heterocycles. The van der Waals surface area contributed by atoms with Crippen LogP contribution in [-0.4, -0.2) is 36.5 Å². The summed E-state index contributed by atoms with van der Waals surface area (Å²) in [5, 5.41) is 3.64. The van der Waals surface area contributed by atoms with Gasteiger partial charge in [-0.05, 0) is 37.6 Å². The molecular weight excluding hydrogens is 236 g/mol. The van der Waals surface area contributed by atoms with Gasteiger partial charge >= 0.3 is 0 Å². The van der Waals surface area contributed by atoms with Crippen molar-refractivity contribution in [2.75, 3.05) is 19.6 Å². The van der Waals surface area contributed by atoms with Crippen molar-refractivity contribution in [3.8, 4) is 0 Å². The van der Waals surface area contributed by atoms with Crippen LogP contribution in [0.5, 0.6) is 0 Å². The van der Waals surface area contributed by atoms with Gasteiger partial charge in [-0.1, -0.05) is 34.1 Å². The number of piperidine rings is 1. The Bertz CT molecular complexity index is 265. The van der Waals surface area contributed by atoms with E-state index in [0.29, 0.717) is 30.2 Å². The van der Waals surface area contributed by atoms with E-state index in [2.05, 4.69) is 37.9 Å². The van der Waals surface area contributed by atoms with E-state index in [1.165, 1.54) is 19.3 Å². The van der Waals surface area contributed by atoms with Gasteiger partial charge in [-0.25, -0.2) is 0 Å². The maximum absolute atomic E-state index is 12.1. The van der Waals surface area contributed by atoms with Gasteiger partial charge in [0.25, 0.3) is 0 Å². The first-order chi connectivity index (χ1) is 9.06. The highest BCUT2D eigenvalue weighted by Gasteiger charge is 2.28. The molecule has 1 rings (SSSR count). The van der Waals surface area contributed by atoms with Crippen LogP contribution in [0.3, 0.4) is 0 Å². The molecule has 0 aromatic carbocycles. The van der Waals surface area contributed by atoms with Crippen LogP contribution < -0.4 is 5.32 Å². The Kier molecular flexibility index (Phi) is 7.44. The van der Waals surface area contributed by atoms with Gasteiger partial charge in [-0.15, -0.1) is 0 Å². The minimum Gasteiger partial charge on any atom is -0.341 e. The van der Waals surface area contributed by atoms with Crippen LogP contribution in [0.25, 0.3) is 0 Å². The van der Waals surface area contributed by atoms with Crippen LogP contribution in [0.4, 0.5) is 0 Å². The number of nitrogens with zero attached hydrogens (tertiary/aromatic N) is 1. The Morgan fingerprint density at radius 2 is 2.00 bits per heavy atom. The quantitative estimate of drug-likeness (QED) is 0.769. The average Bonchev–Trinajstić information content (AvgIpc) is 2.37. The lowest BCUT2D eigenvalue weighted by molar-refractivity contribution is -0.133. The third-order valence-electron chi connectivity index (χ3n) is 3.87. The molecule has 19 heavy (non-hydrogen) atoms.